The Morgan fingerprint density at radius 2 is 1.83 bits per heavy atom. The lowest BCUT2D eigenvalue weighted by Crippen LogP contribution is -2.38. The summed E-state index contributed by atoms with van der Waals surface area (Å²) in [6.45, 7) is 2.49. The highest BCUT2D eigenvalue weighted by Gasteiger charge is 2.41. The van der Waals surface area contributed by atoms with Gasteiger partial charge >= 0.3 is 6.18 Å². The van der Waals surface area contributed by atoms with Crippen molar-refractivity contribution in [1.29, 1.82) is 0 Å². The summed E-state index contributed by atoms with van der Waals surface area (Å²) in [5, 5.41) is 2.35. The fourth-order valence-electron chi connectivity index (χ4n) is 1.39. The van der Waals surface area contributed by atoms with Crippen LogP contribution >= 0.6 is 15.9 Å². The monoisotopic (exact) mass is 323 g/mol. The van der Waals surface area contributed by atoms with E-state index in [1.54, 1.807) is 31.2 Å². The predicted octanol–water partition coefficient (Wildman–Crippen LogP) is 3.82. The van der Waals surface area contributed by atoms with Crippen LogP contribution < -0.4 is 5.32 Å². The standard InChI is InChI=1S/C12H13BrF3NO/c1-7(12(14,15)16)11(18)17-8(2)9-5-3-4-6-10(9)13/h3-8H,1-2H3,(H,17,18)/t7-,8+/m0/s1. The molecular formula is C12H13BrF3NO. The number of rotatable bonds is 3. The minimum Gasteiger partial charge on any atom is -0.349 e. The van der Waals surface area contributed by atoms with Gasteiger partial charge in [0.05, 0.1) is 6.04 Å². The number of carbonyl (C=O) groups is 1. The second-order valence-corrected chi connectivity index (χ2v) is 4.87. The summed E-state index contributed by atoms with van der Waals surface area (Å²) in [5.41, 5.74) is 0.736. The van der Waals surface area contributed by atoms with Crippen LogP contribution in [0.25, 0.3) is 0 Å². The largest absolute Gasteiger partial charge is 0.400 e. The zero-order chi connectivity index (χ0) is 13.9. The molecule has 0 aliphatic heterocycles. The number of benzene rings is 1. The Morgan fingerprint density at radius 1 is 1.28 bits per heavy atom. The van der Waals surface area contributed by atoms with Gasteiger partial charge in [0, 0.05) is 4.47 Å². The third-order valence-electron chi connectivity index (χ3n) is 2.61. The molecule has 18 heavy (non-hydrogen) atoms. The highest BCUT2D eigenvalue weighted by atomic mass is 79.9. The first kappa shape index (κ1) is 15.0. The van der Waals surface area contributed by atoms with E-state index in [4.69, 9.17) is 0 Å². The van der Waals surface area contributed by atoms with Crippen molar-refractivity contribution in [3.8, 4) is 0 Å². The molecule has 0 bridgehead atoms. The van der Waals surface area contributed by atoms with E-state index >= 15 is 0 Å². The summed E-state index contributed by atoms with van der Waals surface area (Å²) in [6.07, 6.45) is -4.52. The van der Waals surface area contributed by atoms with Gasteiger partial charge in [-0.3, -0.25) is 4.79 Å². The molecule has 100 valence electrons. The van der Waals surface area contributed by atoms with Gasteiger partial charge in [-0.05, 0) is 25.5 Å². The summed E-state index contributed by atoms with van der Waals surface area (Å²) in [6, 6.07) is 6.58. The molecule has 0 fully saturated rings. The molecule has 0 unspecified atom stereocenters. The third kappa shape index (κ3) is 3.73. The van der Waals surface area contributed by atoms with E-state index in [2.05, 4.69) is 21.2 Å². The Balaban J connectivity index is 2.75. The molecule has 0 saturated heterocycles. The molecular weight excluding hydrogens is 311 g/mol. The summed E-state index contributed by atoms with van der Waals surface area (Å²) in [7, 11) is 0. The Hall–Kier alpha value is -1.04. The maximum atomic E-state index is 12.4. The molecule has 1 amide bonds. The van der Waals surface area contributed by atoms with Crippen LogP contribution in [0, 0.1) is 5.92 Å². The third-order valence-corrected chi connectivity index (χ3v) is 3.34. The van der Waals surface area contributed by atoms with Crippen molar-refractivity contribution in [2.24, 2.45) is 5.92 Å². The normalized spacial score (nSPS) is 15.0. The molecule has 0 aliphatic rings. The smallest absolute Gasteiger partial charge is 0.349 e. The summed E-state index contributed by atoms with van der Waals surface area (Å²) in [4.78, 5) is 11.4. The van der Waals surface area contributed by atoms with E-state index in [0.29, 0.717) is 0 Å². The summed E-state index contributed by atoms with van der Waals surface area (Å²) in [5.74, 6) is -3.03. The lowest BCUT2D eigenvalue weighted by Gasteiger charge is -2.20. The first-order valence-corrected chi connectivity index (χ1v) is 6.14. The fourth-order valence-corrected chi connectivity index (χ4v) is 2.02. The van der Waals surface area contributed by atoms with E-state index in [0.717, 1.165) is 17.0 Å². The second kappa shape index (κ2) is 5.73. The topological polar surface area (TPSA) is 29.1 Å². The van der Waals surface area contributed by atoms with Gasteiger partial charge in [-0.2, -0.15) is 13.2 Å². The molecule has 0 aromatic heterocycles. The van der Waals surface area contributed by atoms with Crippen LogP contribution in [-0.4, -0.2) is 12.1 Å². The van der Waals surface area contributed by atoms with Crippen molar-refractivity contribution in [2.45, 2.75) is 26.1 Å². The Kier molecular flexibility index (Phi) is 4.78. The van der Waals surface area contributed by atoms with Gasteiger partial charge in [0.1, 0.15) is 5.92 Å². The lowest BCUT2D eigenvalue weighted by molar-refractivity contribution is -0.179. The zero-order valence-corrected chi connectivity index (χ0v) is 11.5. The molecule has 0 spiro atoms. The van der Waals surface area contributed by atoms with Crippen LogP contribution in [-0.2, 0) is 4.79 Å². The number of hydrogen-bond acceptors (Lipinski definition) is 1. The lowest BCUT2D eigenvalue weighted by atomic mass is 10.1. The average Bonchev–Trinajstić information content (AvgIpc) is 2.27. The molecule has 0 saturated carbocycles. The number of nitrogens with one attached hydrogen (secondary N) is 1. The van der Waals surface area contributed by atoms with Crippen molar-refractivity contribution in [3.05, 3.63) is 34.3 Å². The Labute approximate surface area is 112 Å². The molecule has 0 heterocycles. The number of hydrogen-bond donors (Lipinski definition) is 1. The van der Waals surface area contributed by atoms with E-state index in [-0.39, 0.29) is 0 Å². The van der Waals surface area contributed by atoms with Gasteiger partial charge < -0.3 is 5.32 Å². The van der Waals surface area contributed by atoms with E-state index in [1.165, 1.54) is 0 Å². The van der Waals surface area contributed by atoms with Gasteiger partial charge in [-0.25, -0.2) is 0 Å². The quantitative estimate of drug-likeness (QED) is 0.900. The first-order valence-electron chi connectivity index (χ1n) is 5.35. The fraction of sp³-hybridized carbons (Fsp3) is 0.417. The molecule has 1 aromatic rings. The molecule has 1 aromatic carbocycles. The Morgan fingerprint density at radius 3 is 2.33 bits per heavy atom. The number of halogens is 4. The second-order valence-electron chi connectivity index (χ2n) is 4.02. The highest BCUT2D eigenvalue weighted by Crippen LogP contribution is 2.27. The van der Waals surface area contributed by atoms with Crippen LogP contribution in [0.4, 0.5) is 13.2 Å². The number of carbonyl (C=O) groups excluding carboxylic acids is 1. The minimum absolute atomic E-state index is 0.488. The number of amides is 1. The van der Waals surface area contributed by atoms with Crippen molar-refractivity contribution >= 4 is 21.8 Å². The van der Waals surface area contributed by atoms with Gasteiger partial charge in [0.25, 0.3) is 0 Å². The molecule has 0 radical (unpaired) electrons. The number of alkyl halides is 3. The summed E-state index contributed by atoms with van der Waals surface area (Å²) < 4.78 is 37.8. The van der Waals surface area contributed by atoms with Crippen molar-refractivity contribution in [2.75, 3.05) is 0 Å². The molecule has 2 atom stereocenters. The molecule has 0 aliphatic carbocycles. The average molecular weight is 324 g/mol. The SMILES string of the molecule is C[C@@H](NC(=O)[C@H](C)C(F)(F)F)c1ccccc1Br. The predicted molar refractivity (Wildman–Crippen MR) is 65.9 cm³/mol. The highest BCUT2D eigenvalue weighted by molar-refractivity contribution is 9.10. The first-order chi connectivity index (χ1) is 8.23. The molecule has 1 N–H and O–H groups in total. The van der Waals surface area contributed by atoms with Crippen molar-refractivity contribution in [1.82, 2.24) is 5.32 Å². The van der Waals surface area contributed by atoms with Crippen LogP contribution in [0.2, 0.25) is 0 Å². The van der Waals surface area contributed by atoms with E-state index in [9.17, 15) is 18.0 Å². The van der Waals surface area contributed by atoms with Crippen LogP contribution in [0.15, 0.2) is 28.7 Å². The zero-order valence-electron chi connectivity index (χ0n) is 9.88. The summed E-state index contributed by atoms with van der Waals surface area (Å²) >= 11 is 3.29. The van der Waals surface area contributed by atoms with Crippen molar-refractivity contribution < 1.29 is 18.0 Å². The van der Waals surface area contributed by atoms with Gasteiger partial charge in [0.2, 0.25) is 5.91 Å². The van der Waals surface area contributed by atoms with Crippen LogP contribution in [0.5, 0.6) is 0 Å². The van der Waals surface area contributed by atoms with Crippen molar-refractivity contribution in [3.63, 3.8) is 0 Å². The van der Waals surface area contributed by atoms with Crippen LogP contribution in [0.1, 0.15) is 25.5 Å². The van der Waals surface area contributed by atoms with Gasteiger partial charge in [-0.15, -0.1) is 0 Å². The van der Waals surface area contributed by atoms with Gasteiger partial charge in [0.15, 0.2) is 0 Å². The van der Waals surface area contributed by atoms with E-state index < -0.39 is 24.0 Å². The maximum absolute atomic E-state index is 12.4. The van der Waals surface area contributed by atoms with Gasteiger partial charge in [-0.1, -0.05) is 34.1 Å². The Bertz CT molecular complexity index is 434. The minimum atomic E-state index is -4.52. The maximum Gasteiger partial charge on any atom is 0.400 e. The molecule has 1 rings (SSSR count). The van der Waals surface area contributed by atoms with Crippen LogP contribution in [0.3, 0.4) is 0 Å². The molecule has 6 heteroatoms. The molecule has 2 nitrogen and oxygen atoms in total. The van der Waals surface area contributed by atoms with E-state index in [1.807, 2.05) is 0 Å².